The van der Waals surface area contributed by atoms with Crippen LogP contribution in [0.4, 0.5) is 10.2 Å². The number of carbonyl (C=O) groups excluding carboxylic acids is 1. The molecular formula is C27H22ClFN4O3. The molecule has 5 rings (SSSR count). The van der Waals surface area contributed by atoms with Gasteiger partial charge in [-0.15, -0.1) is 10.2 Å². The Bertz CT molecular complexity index is 1420. The van der Waals surface area contributed by atoms with Gasteiger partial charge < -0.3 is 19.6 Å². The summed E-state index contributed by atoms with van der Waals surface area (Å²) < 4.78 is 20.8. The summed E-state index contributed by atoms with van der Waals surface area (Å²) in [4.78, 5) is 14.8. The maximum absolute atomic E-state index is 14.7. The van der Waals surface area contributed by atoms with Crippen LogP contribution in [-0.4, -0.2) is 52.7 Å². The maximum Gasteiger partial charge on any atom is 0.246 e. The number of allylic oxidation sites excluding steroid dienone is 1. The molecule has 1 aliphatic heterocycles. The van der Waals surface area contributed by atoms with Crippen LogP contribution >= 0.6 is 11.6 Å². The number of phenols is 1. The van der Waals surface area contributed by atoms with Crippen LogP contribution in [0.1, 0.15) is 0 Å². The zero-order valence-electron chi connectivity index (χ0n) is 19.1. The standard InChI is InChI=1S/C27H22ClFN4O3/c28-22-17-19-20(16-21(22)25-23(29)8-4-9-24(25)35)27(36-18-6-2-1-3-7-18)31-30-26(19)33-13-11-32(12-14-33)10-5-15-34/h1-10,15-17,35H,11-14H2. The molecule has 0 saturated carbocycles. The number of anilines is 1. The lowest BCUT2D eigenvalue weighted by molar-refractivity contribution is -0.104. The lowest BCUT2D eigenvalue weighted by atomic mass is 10.00. The van der Waals surface area contributed by atoms with Gasteiger partial charge in [0.1, 0.15) is 23.6 Å². The van der Waals surface area contributed by atoms with Crippen molar-refractivity contribution in [2.75, 3.05) is 31.1 Å². The fourth-order valence-corrected chi connectivity index (χ4v) is 4.51. The molecule has 0 unspecified atom stereocenters. The number of para-hydroxylation sites is 1. The minimum Gasteiger partial charge on any atom is -0.507 e. The zero-order valence-corrected chi connectivity index (χ0v) is 19.9. The number of ether oxygens (including phenoxy) is 1. The van der Waals surface area contributed by atoms with Crippen LogP contribution in [0.5, 0.6) is 17.4 Å². The number of nitrogens with zero attached hydrogens (tertiary/aromatic N) is 4. The van der Waals surface area contributed by atoms with E-state index >= 15 is 0 Å². The number of aromatic nitrogens is 2. The first-order valence-electron chi connectivity index (χ1n) is 11.4. The second-order valence-electron chi connectivity index (χ2n) is 8.26. The van der Waals surface area contributed by atoms with Crippen molar-refractivity contribution in [1.82, 2.24) is 15.1 Å². The summed E-state index contributed by atoms with van der Waals surface area (Å²) in [5.41, 5.74) is 0.324. The van der Waals surface area contributed by atoms with Gasteiger partial charge in [0.25, 0.3) is 0 Å². The number of benzene rings is 3. The van der Waals surface area contributed by atoms with Crippen molar-refractivity contribution in [2.24, 2.45) is 0 Å². The van der Waals surface area contributed by atoms with Crippen molar-refractivity contribution < 1.29 is 19.0 Å². The molecule has 0 bridgehead atoms. The number of carbonyl (C=O) groups is 1. The molecule has 2 heterocycles. The van der Waals surface area contributed by atoms with Crippen molar-refractivity contribution in [3.63, 3.8) is 0 Å². The topological polar surface area (TPSA) is 78.8 Å². The highest BCUT2D eigenvalue weighted by Gasteiger charge is 2.23. The Morgan fingerprint density at radius 2 is 1.75 bits per heavy atom. The molecule has 0 aliphatic carbocycles. The summed E-state index contributed by atoms with van der Waals surface area (Å²) in [6.07, 6.45) is 4.00. The fourth-order valence-electron chi connectivity index (χ4n) is 4.26. The van der Waals surface area contributed by atoms with Gasteiger partial charge in [-0.25, -0.2) is 4.39 Å². The molecule has 4 aromatic rings. The largest absolute Gasteiger partial charge is 0.507 e. The maximum atomic E-state index is 14.7. The van der Waals surface area contributed by atoms with Crippen LogP contribution in [0.2, 0.25) is 5.02 Å². The molecule has 7 nitrogen and oxygen atoms in total. The third-order valence-corrected chi connectivity index (χ3v) is 6.33. The Labute approximate surface area is 212 Å². The van der Waals surface area contributed by atoms with E-state index in [1.165, 1.54) is 24.3 Å². The van der Waals surface area contributed by atoms with Gasteiger partial charge in [0.05, 0.1) is 10.9 Å². The lowest BCUT2D eigenvalue weighted by Crippen LogP contribution is -2.44. The highest BCUT2D eigenvalue weighted by atomic mass is 35.5. The average molecular weight is 505 g/mol. The minimum atomic E-state index is -0.594. The van der Waals surface area contributed by atoms with Gasteiger partial charge in [-0.2, -0.15) is 0 Å². The highest BCUT2D eigenvalue weighted by Crippen LogP contribution is 2.42. The van der Waals surface area contributed by atoms with Crippen LogP contribution in [0.25, 0.3) is 21.9 Å². The van der Waals surface area contributed by atoms with E-state index in [1.807, 2.05) is 18.2 Å². The van der Waals surface area contributed by atoms with Crippen molar-refractivity contribution in [2.45, 2.75) is 0 Å². The van der Waals surface area contributed by atoms with Crippen molar-refractivity contribution in [3.8, 4) is 28.5 Å². The SMILES string of the molecule is O=CC=CN1CCN(c2nnc(Oc3ccccc3)c3cc(-c4c(O)cccc4F)c(Cl)cc23)CC1. The molecule has 0 amide bonds. The molecule has 0 radical (unpaired) electrons. The van der Waals surface area contributed by atoms with Gasteiger partial charge in [-0.3, -0.25) is 4.79 Å². The summed E-state index contributed by atoms with van der Waals surface area (Å²) in [7, 11) is 0. The van der Waals surface area contributed by atoms with E-state index in [4.69, 9.17) is 16.3 Å². The third kappa shape index (κ3) is 4.67. The van der Waals surface area contributed by atoms with Crippen LogP contribution in [0.15, 0.2) is 72.9 Å². The molecule has 1 fully saturated rings. The fraction of sp³-hybridized carbons (Fsp3) is 0.148. The average Bonchev–Trinajstić information content (AvgIpc) is 2.89. The van der Waals surface area contributed by atoms with Gasteiger partial charge in [-0.05, 0) is 42.5 Å². The summed E-state index contributed by atoms with van der Waals surface area (Å²) >= 11 is 6.65. The smallest absolute Gasteiger partial charge is 0.246 e. The van der Waals surface area contributed by atoms with E-state index in [2.05, 4.69) is 20.0 Å². The van der Waals surface area contributed by atoms with E-state index in [-0.39, 0.29) is 22.2 Å². The molecule has 0 atom stereocenters. The molecule has 3 aromatic carbocycles. The summed E-state index contributed by atoms with van der Waals surface area (Å²) in [5, 5.41) is 20.8. The molecule has 0 spiro atoms. The molecule has 36 heavy (non-hydrogen) atoms. The van der Waals surface area contributed by atoms with E-state index in [0.29, 0.717) is 54.1 Å². The number of hydrogen-bond donors (Lipinski definition) is 1. The lowest BCUT2D eigenvalue weighted by Gasteiger charge is -2.35. The van der Waals surface area contributed by atoms with Gasteiger partial charge in [0, 0.05) is 48.4 Å². The second-order valence-corrected chi connectivity index (χ2v) is 8.66. The number of aldehydes is 1. The van der Waals surface area contributed by atoms with E-state index in [1.54, 1.807) is 30.5 Å². The van der Waals surface area contributed by atoms with E-state index < -0.39 is 5.82 Å². The van der Waals surface area contributed by atoms with Crippen LogP contribution < -0.4 is 9.64 Å². The first-order valence-corrected chi connectivity index (χ1v) is 11.7. The Balaban J connectivity index is 1.62. The Kier molecular flexibility index (Phi) is 6.69. The highest BCUT2D eigenvalue weighted by molar-refractivity contribution is 6.34. The van der Waals surface area contributed by atoms with Gasteiger partial charge in [0.15, 0.2) is 5.82 Å². The van der Waals surface area contributed by atoms with Crippen LogP contribution in [-0.2, 0) is 4.79 Å². The Morgan fingerprint density at radius 3 is 2.47 bits per heavy atom. The number of rotatable bonds is 6. The predicted molar refractivity (Wildman–Crippen MR) is 137 cm³/mol. The van der Waals surface area contributed by atoms with Gasteiger partial charge in [0.2, 0.25) is 5.88 Å². The molecular weight excluding hydrogens is 483 g/mol. The molecule has 1 N–H and O–H groups in total. The summed E-state index contributed by atoms with van der Waals surface area (Å²) in [5.74, 6) is 0.616. The third-order valence-electron chi connectivity index (χ3n) is 6.02. The first-order chi connectivity index (χ1) is 17.5. The van der Waals surface area contributed by atoms with Crippen molar-refractivity contribution >= 4 is 34.5 Å². The monoisotopic (exact) mass is 504 g/mol. The quantitative estimate of drug-likeness (QED) is 0.277. The van der Waals surface area contributed by atoms with Crippen LogP contribution in [0, 0.1) is 5.82 Å². The number of hydrogen-bond acceptors (Lipinski definition) is 7. The van der Waals surface area contributed by atoms with Crippen LogP contribution in [0.3, 0.4) is 0 Å². The summed E-state index contributed by atoms with van der Waals surface area (Å²) in [6.45, 7) is 2.70. The predicted octanol–water partition coefficient (Wildman–Crippen LogP) is 5.42. The molecule has 182 valence electrons. The Morgan fingerprint density at radius 1 is 0.972 bits per heavy atom. The second kappa shape index (κ2) is 10.2. The Hall–Kier alpha value is -4.17. The number of piperazine rings is 1. The van der Waals surface area contributed by atoms with Gasteiger partial charge >= 0.3 is 0 Å². The van der Waals surface area contributed by atoms with E-state index in [0.717, 1.165) is 6.29 Å². The molecule has 1 saturated heterocycles. The minimum absolute atomic E-state index is 0.00371. The van der Waals surface area contributed by atoms with Crippen molar-refractivity contribution in [1.29, 1.82) is 0 Å². The number of halogens is 2. The van der Waals surface area contributed by atoms with Crippen molar-refractivity contribution in [3.05, 3.63) is 83.8 Å². The number of phenolic OH excluding ortho intramolecular Hbond substituents is 1. The number of aromatic hydroxyl groups is 1. The molecule has 1 aromatic heterocycles. The number of fused-ring (bicyclic) bond motifs is 1. The normalized spacial score (nSPS) is 13.9. The first kappa shape index (κ1) is 23.6. The molecule has 1 aliphatic rings. The summed E-state index contributed by atoms with van der Waals surface area (Å²) in [6, 6.07) is 16.7. The zero-order chi connectivity index (χ0) is 25.1. The van der Waals surface area contributed by atoms with E-state index in [9.17, 15) is 14.3 Å². The van der Waals surface area contributed by atoms with Gasteiger partial charge in [-0.1, -0.05) is 35.9 Å². The molecule has 9 heteroatoms.